The molecule has 0 radical (unpaired) electrons. The largest absolute Gasteiger partial charge is 0.492 e. The molecule has 4 rings (SSSR count). The second kappa shape index (κ2) is 6.96. The number of hydrogen-bond acceptors (Lipinski definition) is 3. The Morgan fingerprint density at radius 2 is 2.04 bits per heavy atom. The van der Waals surface area contributed by atoms with Crippen LogP contribution < -0.4 is 4.74 Å². The molecule has 5 heteroatoms. The number of carbonyl (C=O) groups is 1. The van der Waals surface area contributed by atoms with Gasteiger partial charge in [-0.25, -0.2) is 4.39 Å². The highest BCUT2D eigenvalue weighted by atomic mass is 19.1. The lowest BCUT2D eigenvalue weighted by atomic mass is 10.00. The number of rotatable bonds is 3. The van der Waals surface area contributed by atoms with Crippen LogP contribution in [0.4, 0.5) is 4.39 Å². The summed E-state index contributed by atoms with van der Waals surface area (Å²) in [7, 11) is 0. The fraction of sp³-hybridized carbons (Fsp3) is 0.143. The van der Waals surface area contributed by atoms with Gasteiger partial charge in [0.2, 0.25) is 0 Å². The van der Waals surface area contributed by atoms with E-state index in [2.05, 4.69) is 5.10 Å². The summed E-state index contributed by atoms with van der Waals surface area (Å²) in [4.78, 5) is 12.7. The molecule has 1 aromatic heterocycles. The fourth-order valence-corrected chi connectivity index (χ4v) is 3.01. The average molecular weight is 348 g/mol. The summed E-state index contributed by atoms with van der Waals surface area (Å²) in [6.07, 6.45) is 5.90. The van der Waals surface area contributed by atoms with Crippen LogP contribution in [0.2, 0.25) is 0 Å². The van der Waals surface area contributed by atoms with Crippen molar-refractivity contribution in [3.05, 3.63) is 89.0 Å². The summed E-state index contributed by atoms with van der Waals surface area (Å²) in [6.45, 7) is 1.05. The standard InChI is InChI=1S/C21H17FN2O2/c22-18-6-7-20-19(11-18)21(25)17(8-9-26-20)10-16-12-23-24(14-16)13-15-4-2-1-3-5-15/h1-7,10-12,14H,8-9,13H2/b17-10+. The SMILES string of the molecule is O=C1/C(=C/c2cnn(Cc3ccccc3)c2)CCOc2ccc(F)cc21. The predicted molar refractivity (Wildman–Crippen MR) is 96.6 cm³/mol. The fourth-order valence-electron chi connectivity index (χ4n) is 3.01. The maximum absolute atomic E-state index is 13.5. The van der Waals surface area contributed by atoms with Crippen LogP contribution in [0.25, 0.3) is 6.08 Å². The van der Waals surface area contributed by atoms with Crippen LogP contribution in [0, 0.1) is 5.82 Å². The Bertz CT molecular complexity index is 977. The molecule has 1 aliphatic heterocycles. The first kappa shape index (κ1) is 16.3. The molecular formula is C21H17FN2O2. The Morgan fingerprint density at radius 1 is 1.19 bits per heavy atom. The summed E-state index contributed by atoms with van der Waals surface area (Å²) < 4.78 is 20.9. The Hall–Kier alpha value is -3.21. The number of fused-ring (bicyclic) bond motifs is 1. The normalized spacial score (nSPS) is 15.4. The van der Waals surface area contributed by atoms with Crippen LogP contribution in [-0.4, -0.2) is 22.2 Å². The number of ether oxygens (including phenoxy) is 1. The number of ketones is 1. The molecule has 0 saturated heterocycles. The first-order chi connectivity index (χ1) is 12.7. The van der Waals surface area contributed by atoms with Gasteiger partial charge in [0.1, 0.15) is 11.6 Å². The molecule has 26 heavy (non-hydrogen) atoms. The van der Waals surface area contributed by atoms with Crippen molar-refractivity contribution in [1.29, 1.82) is 0 Å². The van der Waals surface area contributed by atoms with Crippen molar-refractivity contribution in [2.45, 2.75) is 13.0 Å². The van der Waals surface area contributed by atoms with Crippen molar-refractivity contribution in [1.82, 2.24) is 9.78 Å². The van der Waals surface area contributed by atoms with Gasteiger partial charge in [0.25, 0.3) is 0 Å². The molecule has 3 aromatic rings. The summed E-state index contributed by atoms with van der Waals surface area (Å²) in [5.41, 5.74) is 2.85. The molecular weight excluding hydrogens is 331 g/mol. The third-order valence-electron chi connectivity index (χ3n) is 4.29. The topological polar surface area (TPSA) is 44.1 Å². The number of nitrogens with zero attached hydrogens (tertiary/aromatic N) is 2. The Labute approximate surface area is 150 Å². The maximum Gasteiger partial charge on any atom is 0.192 e. The van der Waals surface area contributed by atoms with Crippen molar-refractivity contribution in [2.75, 3.05) is 6.61 Å². The molecule has 130 valence electrons. The van der Waals surface area contributed by atoms with E-state index in [0.717, 1.165) is 11.1 Å². The van der Waals surface area contributed by atoms with Crippen molar-refractivity contribution in [3.63, 3.8) is 0 Å². The van der Waals surface area contributed by atoms with E-state index in [-0.39, 0.29) is 11.3 Å². The molecule has 0 amide bonds. The quantitative estimate of drug-likeness (QED) is 0.669. The highest BCUT2D eigenvalue weighted by Gasteiger charge is 2.22. The maximum atomic E-state index is 13.5. The molecule has 0 unspecified atom stereocenters. The monoisotopic (exact) mass is 348 g/mol. The molecule has 0 aliphatic carbocycles. The van der Waals surface area contributed by atoms with Crippen molar-refractivity contribution in [3.8, 4) is 5.75 Å². The molecule has 0 saturated carbocycles. The van der Waals surface area contributed by atoms with Crippen LogP contribution in [0.15, 0.2) is 66.5 Å². The zero-order chi connectivity index (χ0) is 17.9. The van der Waals surface area contributed by atoms with E-state index in [0.29, 0.717) is 30.9 Å². The number of Topliss-reactive ketones (excluding diaryl/α,β-unsaturated/α-hetero) is 1. The van der Waals surface area contributed by atoms with E-state index >= 15 is 0 Å². The first-order valence-electron chi connectivity index (χ1n) is 8.43. The third kappa shape index (κ3) is 3.42. The highest BCUT2D eigenvalue weighted by Crippen LogP contribution is 2.28. The first-order valence-corrected chi connectivity index (χ1v) is 8.43. The minimum Gasteiger partial charge on any atom is -0.492 e. The van der Waals surface area contributed by atoms with Crippen LogP contribution in [0.1, 0.15) is 27.9 Å². The van der Waals surface area contributed by atoms with Gasteiger partial charge >= 0.3 is 0 Å². The molecule has 0 spiro atoms. The summed E-state index contributed by atoms with van der Waals surface area (Å²) in [5.74, 6) is -0.218. The second-order valence-electron chi connectivity index (χ2n) is 6.19. The zero-order valence-corrected chi connectivity index (χ0v) is 14.1. The molecule has 0 bridgehead atoms. The van der Waals surface area contributed by atoms with Gasteiger partial charge in [0, 0.05) is 23.8 Å². The van der Waals surface area contributed by atoms with Crippen molar-refractivity contribution < 1.29 is 13.9 Å². The van der Waals surface area contributed by atoms with Crippen LogP contribution in [0.5, 0.6) is 5.75 Å². The average Bonchev–Trinajstić information content (AvgIpc) is 3.02. The van der Waals surface area contributed by atoms with E-state index in [4.69, 9.17) is 4.74 Å². The Kier molecular flexibility index (Phi) is 4.35. The zero-order valence-electron chi connectivity index (χ0n) is 14.1. The number of hydrogen-bond donors (Lipinski definition) is 0. The van der Waals surface area contributed by atoms with Crippen LogP contribution in [0.3, 0.4) is 0 Å². The minimum atomic E-state index is -0.447. The number of carbonyl (C=O) groups excluding carboxylic acids is 1. The van der Waals surface area contributed by atoms with Gasteiger partial charge in [0.15, 0.2) is 5.78 Å². The molecule has 0 fully saturated rings. The molecule has 1 aliphatic rings. The van der Waals surface area contributed by atoms with E-state index in [1.54, 1.807) is 12.3 Å². The van der Waals surface area contributed by atoms with Gasteiger partial charge in [-0.2, -0.15) is 5.10 Å². The van der Waals surface area contributed by atoms with E-state index < -0.39 is 5.82 Å². The van der Waals surface area contributed by atoms with Gasteiger partial charge < -0.3 is 4.74 Å². The van der Waals surface area contributed by atoms with Crippen LogP contribution >= 0.6 is 0 Å². The van der Waals surface area contributed by atoms with E-state index in [9.17, 15) is 9.18 Å². The lowest BCUT2D eigenvalue weighted by molar-refractivity contribution is 0.103. The van der Waals surface area contributed by atoms with E-state index in [1.807, 2.05) is 41.2 Å². The predicted octanol–water partition coefficient (Wildman–Crippen LogP) is 4.12. The molecule has 4 nitrogen and oxygen atoms in total. The van der Waals surface area contributed by atoms with E-state index in [1.165, 1.54) is 18.2 Å². The smallest absolute Gasteiger partial charge is 0.192 e. The molecule has 0 N–H and O–H groups in total. The number of benzene rings is 2. The number of halogens is 1. The second-order valence-corrected chi connectivity index (χ2v) is 6.19. The number of aromatic nitrogens is 2. The van der Waals surface area contributed by atoms with Gasteiger partial charge in [-0.05, 0) is 29.8 Å². The highest BCUT2D eigenvalue weighted by molar-refractivity contribution is 6.13. The summed E-state index contributed by atoms with van der Waals surface area (Å²) >= 11 is 0. The Morgan fingerprint density at radius 3 is 2.88 bits per heavy atom. The summed E-state index contributed by atoms with van der Waals surface area (Å²) in [6, 6.07) is 14.1. The van der Waals surface area contributed by atoms with Gasteiger partial charge in [-0.15, -0.1) is 0 Å². The van der Waals surface area contributed by atoms with Gasteiger partial charge in [-0.1, -0.05) is 30.3 Å². The lowest BCUT2D eigenvalue weighted by Crippen LogP contribution is -2.02. The van der Waals surface area contributed by atoms with Crippen molar-refractivity contribution in [2.24, 2.45) is 0 Å². The third-order valence-corrected chi connectivity index (χ3v) is 4.29. The Balaban J connectivity index is 1.59. The van der Waals surface area contributed by atoms with Gasteiger partial charge in [-0.3, -0.25) is 9.48 Å². The lowest BCUT2D eigenvalue weighted by Gasteiger charge is -2.04. The molecule has 2 heterocycles. The van der Waals surface area contributed by atoms with Crippen molar-refractivity contribution >= 4 is 11.9 Å². The molecule has 0 atom stereocenters. The minimum absolute atomic E-state index is 0.201. The van der Waals surface area contributed by atoms with Gasteiger partial charge in [0.05, 0.1) is 24.9 Å². The van der Waals surface area contributed by atoms with Crippen LogP contribution in [-0.2, 0) is 6.54 Å². The molecule has 2 aromatic carbocycles. The summed E-state index contributed by atoms with van der Waals surface area (Å²) in [5, 5.41) is 4.35.